The minimum absolute atomic E-state index is 0.184. The molecule has 1 atom stereocenters. The van der Waals surface area contributed by atoms with Gasteiger partial charge in [-0.15, -0.1) is 0 Å². The summed E-state index contributed by atoms with van der Waals surface area (Å²) in [5.41, 5.74) is 1.20. The summed E-state index contributed by atoms with van der Waals surface area (Å²) in [7, 11) is 0. The van der Waals surface area contributed by atoms with E-state index in [2.05, 4.69) is 12.1 Å². The van der Waals surface area contributed by atoms with Gasteiger partial charge in [-0.1, -0.05) is 44.2 Å². The Kier molecular flexibility index (Phi) is 10.1. The van der Waals surface area contributed by atoms with E-state index in [4.69, 9.17) is 9.47 Å². The van der Waals surface area contributed by atoms with Gasteiger partial charge in [0.05, 0.1) is 19.3 Å². The number of hydrogen-bond donors (Lipinski definition) is 0. The van der Waals surface area contributed by atoms with Crippen molar-refractivity contribution in [1.82, 2.24) is 0 Å². The normalized spacial score (nSPS) is 11.5. The van der Waals surface area contributed by atoms with Crippen LogP contribution in [0.3, 0.4) is 0 Å². The van der Waals surface area contributed by atoms with E-state index in [1.807, 2.05) is 45.9 Å². The number of ether oxygens (including phenoxy) is 2. The van der Waals surface area contributed by atoms with Gasteiger partial charge in [0.2, 0.25) is 0 Å². The smallest absolute Gasteiger partial charge is 0.0780 e. The molecule has 0 N–H and O–H groups in total. The fraction of sp³-hybridized carbons (Fsp3) is 0.571. The van der Waals surface area contributed by atoms with Crippen molar-refractivity contribution in [2.24, 2.45) is 0 Å². The Morgan fingerprint density at radius 3 is 2.31 bits per heavy atom. The van der Waals surface area contributed by atoms with E-state index in [0.29, 0.717) is 13.2 Å². The van der Waals surface area contributed by atoms with Gasteiger partial charge in [0.25, 0.3) is 0 Å². The van der Waals surface area contributed by atoms with E-state index in [-0.39, 0.29) is 6.10 Å². The second kappa shape index (κ2) is 10.7. The highest BCUT2D eigenvalue weighted by molar-refractivity contribution is 5.13. The monoisotopic (exact) mass is 224 g/mol. The first-order chi connectivity index (χ1) is 7.83. The van der Waals surface area contributed by atoms with Crippen molar-refractivity contribution < 1.29 is 9.47 Å². The maximum atomic E-state index is 5.51. The first kappa shape index (κ1) is 15.1. The van der Waals surface area contributed by atoms with Crippen molar-refractivity contribution in [2.45, 2.75) is 40.4 Å². The highest BCUT2D eigenvalue weighted by Crippen LogP contribution is 2.01. The quantitative estimate of drug-likeness (QED) is 0.734. The first-order valence-corrected chi connectivity index (χ1v) is 6.06. The Hall–Kier alpha value is -0.860. The lowest BCUT2D eigenvalue weighted by atomic mass is 10.2. The first-order valence-electron chi connectivity index (χ1n) is 6.06. The van der Waals surface area contributed by atoms with Crippen molar-refractivity contribution in [1.29, 1.82) is 0 Å². The highest BCUT2D eigenvalue weighted by atomic mass is 16.5. The fourth-order valence-corrected chi connectivity index (χ4v) is 1.25. The summed E-state index contributed by atoms with van der Waals surface area (Å²) < 4.78 is 10.9. The largest absolute Gasteiger partial charge is 0.376 e. The van der Waals surface area contributed by atoms with Crippen molar-refractivity contribution in [2.75, 3.05) is 13.2 Å². The van der Waals surface area contributed by atoms with E-state index in [1.54, 1.807) is 0 Å². The Morgan fingerprint density at radius 2 is 1.75 bits per heavy atom. The molecular formula is C14H24O2. The van der Waals surface area contributed by atoms with Crippen molar-refractivity contribution in [3.05, 3.63) is 35.9 Å². The van der Waals surface area contributed by atoms with E-state index in [9.17, 15) is 0 Å². The molecule has 2 heteroatoms. The van der Waals surface area contributed by atoms with Crippen LogP contribution in [0.25, 0.3) is 0 Å². The minimum Gasteiger partial charge on any atom is -0.376 e. The number of hydrogen-bond acceptors (Lipinski definition) is 2. The summed E-state index contributed by atoms with van der Waals surface area (Å²) in [5, 5.41) is 0. The van der Waals surface area contributed by atoms with Crippen LogP contribution in [0, 0.1) is 0 Å². The molecular weight excluding hydrogens is 200 g/mol. The standard InChI is InChI=1S/C12H18O2.C2H6/c1-3-14-11(2)9-13-10-12-7-5-4-6-8-12;1-2/h4-8,11H,3,9-10H2,1-2H3;1-2H3. The van der Waals surface area contributed by atoms with E-state index in [1.165, 1.54) is 5.56 Å². The molecule has 0 fully saturated rings. The lowest BCUT2D eigenvalue weighted by Crippen LogP contribution is -2.15. The lowest BCUT2D eigenvalue weighted by molar-refractivity contribution is -0.00712. The zero-order valence-electron chi connectivity index (χ0n) is 10.9. The maximum absolute atomic E-state index is 5.51. The average molecular weight is 224 g/mol. The van der Waals surface area contributed by atoms with Gasteiger partial charge in [-0.25, -0.2) is 0 Å². The van der Waals surface area contributed by atoms with E-state index in [0.717, 1.165) is 6.61 Å². The van der Waals surface area contributed by atoms with Crippen molar-refractivity contribution >= 4 is 0 Å². The maximum Gasteiger partial charge on any atom is 0.0780 e. The van der Waals surface area contributed by atoms with Crippen LogP contribution in [-0.4, -0.2) is 19.3 Å². The molecule has 1 unspecified atom stereocenters. The van der Waals surface area contributed by atoms with Gasteiger partial charge >= 0.3 is 0 Å². The molecule has 1 rings (SSSR count). The van der Waals surface area contributed by atoms with Crippen molar-refractivity contribution in [3.63, 3.8) is 0 Å². The van der Waals surface area contributed by atoms with Crippen LogP contribution < -0.4 is 0 Å². The third-order valence-electron chi connectivity index (χ3n) is 1.92. The van der Waals surface area contributed by atoms with Gasteiger partial charge in [-0.3, -0.25) is 0 Å². The third kappa shape index (κ3) is 7.43. The molecule has 0 heterocycles. The molecule has 0 saturated carbocycles. The molecule has 0 bridgehead atoms. The molecule has 0 radical (unpaired) electrons. The summed E-state index contributed by atoms with van der Waals surface area (Å²) in [6, 6.07) is 10.2. The minimum atomic E-state index is 0.184. The highest BCUT2D eigenvalue weighted by Gasteiger charge is 2.00. The van der Waals surface area contributed by atoms with Crippen LogP contribution in [-0.2, 0) is 16.1 Å². The predicted molar refractivity (Wildman–Crippen MR) is 68.5 cm³/mol. The van der Waals surface area contributed by atoms with Crippen LogP contribution in [0.4, 0.5) is 0 Å². The van der Waals surface area contributed by atoms with Gasteiger partial charge in [-0.2, -0.15) is 0 Å². The van der Waals surface area contributed by atoms with Gasteiger partial charge in [0.1, 0.15) is 0 Å². The predicted octanol–water partition coefficient (Wildman–Crippen LogP) is 3.65. The molecule has 0 aromatic heterocycles. The molecule has 1 aromatic rings. The molecule has 1 aromatic carbocycles. The molecule has 2 nitrogen and oxygen atoms in total. The number of benzene rings is 1. The Morgan fingerprint density at radius 1 is 1.12 bits per heavy atom. The Balaban J connectivity index is 0.00000106. The Labute approximate surface area is 99.6 Å². The second-order valence-corrected chi connectivity index (χ2v) is 3.27. The zero-order chi connectivity index (χ0) is 12.2. The second-order valence-electron chi connectivity index (χ2n) is 3.27. The summed E-state index contributed by atoms with van der Waals surface area (Å²) in [4.78, 5) is 0. The topological polar surface area (TPSA) is 18.5 Å². The van der Waals surface area contributed by atoms with Gasteiger partial charge in [0.15, 0.2) is 0 Å². The number of rotatable bonds is 6. The van der Waals surface area contributed by atoms with Gasteiger partial charge in [0, 0.05) is 6.61 Å². The van der Waals surface area contributed by atoms with Crippen LogP contribution in [0.1, 0.15) is 33.3 Å². The third-order valence-corrected chi connectivity index (χ3v) is 1.92. The van der Waals surface area contributed by atoms with Crippen LogP contribution in [0.15, 0.2) is 30.3 Å². The molecule has 0 aliphatic heterocycles. The van der Waals surface area contributed by atoms with E-state index < -0.39 is 0 Å². The van der Waals surface area contributed by atoms with Gasteiger partial charge in [-0.05, 0) is 19.4 Å². The summed E-state index contributed by atoms with van der Waals surface area (Å²) in [5.74, 6) is 0. The molecule has 0 saturated heterocycles. The average Bonchev–Trinajstić information content (AvgIpc) is 2.33. The van der Waals surface area contributed by atoms with E-state index >= 15 is 0 Å². The van der Waals surface area contributed by atoms with Crippen molar-refractivity contribution in [3.8, 4) is 0 Å². The van der Waals surface area contributed by atoms with Crippen LogP contribution in [0.5, 0.6) is 0 Å². The summed E-state index contributed by atoms with van der Waals surface area (Å²) >= 11 is 0. The molecule has 0 aliphatic carbocycles. The lowest BCUT2D eigenvalue weighted by Gasteiger charge is -2.11. The van der Waals surface area contributed by atoms with Crippen LogP contribution >= 0.6 is 0 Å². The molecule has 0 spiro atoms. The molecule has 92 valence electrons. The van der Waals surface area contributed by atoms with Crippen LogP contribution in [0.2, 0.25) is 0 Å². The molecule has 0 aliphatic rings. The zero-order valence-corrected chi connectivity index (χ0v) is 10.9. The fourth-order valence-electron chi connectivity index (χ4n) is 1.25. The van der Waals surface area contributed by atoms with Gasteiger partial charge < -0.3 is 9.47 Å². The Bertz CT molecular complexity index is 234. The SMILES string of the molecule is CC.CCOC(C)COCc1ccccc1. The summed E-state index contributed by atoms with van der Waals surface area (Å²) in [6.45, 7) is 10.1. The molecule has 0 amide bonds. The molecule has 16 heavy (non-hydrogen) atoms. The summed E-state index contributed by atoms with van der Waals surface area (Å²) in [6.07, 6.45) is 0.184.